The van der Waals surface area contributed by atoms with Gasteiger partial charge in [-0.3, -0.25) is 0 Å². The first kappa shape index (κ1) is 16.7. The number of nitrogens with two attached hydrogens (primary N) is 1. The molecule has 7 nitrogen and oxygen atoms in total. The van der Waals surface area contributed by atoms with Crippen LogP contribution in [0.1, 0.15) is 17.3 Å². The first-order valence-corrected chi connectivity index (χ1v) is 9.26. The van der Waals surface area contributed by atoms with Crippen molar-refractivity contribution in [2.75, 3.05) is 18.8 Å². The largest absolute Gasteiger partial charge is 0.489 e. The number of anilines is 1. The molecule has 0 amide bonds. The summed E-state index contributed by atoms with van der Waals surface area (Å²) in [5.74, 6) is 2.44. The summed E-state index contributed by atoms with van der Waals surface area (Å²) in [5, 5.41) is 7.67. The van der Waals surface area contributed by atoms with E-state index in [4.69, 9.17) is 15.5 Å². The molecule has 0 atom stereocenters. The Hall–Kier alpha value is -3.45. The Labute approximate surface area is 162 Å². The predicted octanol–water partition coefficient (Wildman–Crippen LogP) is 2.64. The fourth-order valence-corrected chi connectivity index (χ4v) is 3.39. The minimum absolute atomic E-state index is 0.327. The molecule has 0 bridgehead atoms. The number of aromatic nitrogens is 4. The van der Waals surface area contributed by atoms with Crippen molar-refractivity contribution >= 4 is 11.3 Å². The second-order valence-electron chi connectivity index (χ2n) is 6.88. The normalized spacial score (nSPS) is 14.1. The molecule has 1 aliphatic rings. The smallest absolute Gasteiger partial charge is 0.153 e. The zero-order chi connectivity index (χ0) is 18.9. The van der Waals surface area contributed by atoms with Gasteiger partial charge < -0.3 is 15.8 Å². The third-order valence-electron chi connectivity index (χ3n) is 4.99. The molecule has 4 aromatic rings. The molecule has 0 saturated carbocycles. The lowest BCUT2D eigenvalue weighted by molar-refractivity contribution is 0.306. The van der Waals surface area contributed by atoms with E-state index in [0.29, 0.717) is 18.3 Å². The highest BCUT2D eigenvalue weighted by Crippen LogP contribution is 2.32. The van der Waals surface area contributed by atoms with Crippen molar-refractivity contribution in [3.63, 3.8) is 0 Å². The van der Waals surface area contributed by atoms with Crippen molar-refractivity contribution in [1.29, 1.82) is 0 Å². The molecule has 1 fully saturated rings. The van der Waals surface area contributed by atoms with Gasteiger partial charge in [-0.05, 0) is 17.7 Å². The molecule has 1 aliphatic heterocycles. The maximum absolute atomic E-state index is 6.18. The van der Waals surface area contributed by atoms with E-state index in [-0.39, 0.29) is 0 Å². The Bertz CT molecular complexity index is 1120. The van der Waals surface area contributed by atoms with Gasteiger partial charge in [-0.25, -0.2) is 14.5 Å². The van der Waals surface area contributed by atoms with Crippen LogP contribution in [-0.2, 0) is 6.61 Å². The van der Waals surface area contributed by atoms with E-state index < -0.39 is 0 Å². The van der Waals surface area contributed by atoms with E-state index in [0.717, 1.165) is 47.0 Å². The lowest BCUT2D eigenvalue weighted by Gasteiger charge is -2.25. The fourth-order valence-electron chi connectivity index (χ4n) is 3.39. The molecule has 0 radical (unpaired) electrons. The van der Waals surface area contributed by atoms with Gasteiger partial charge >= 0.3 is 0 Å². The van der Waals surface area contributed by atoms with Gasteiger partial charge in [0, 0.05) is 24.6 Å². The van der Waals surface area contributed by atoms with Crippen LogP contribution in [0, 0.1) is 0 Å². The fraction of sp³-hybridized carbons (Fsp3) is 0.190. The molecule has 0 unspecified atom stereocenters. The lowest BCUT2D eigenvalue weighted by Crippen LogP contribution is -2.41. The number of hydrogen-bond acceptors (Lipinski definition) is 6. The Morgan fingerprint density at radius 3 is 2.75 bits per heavy atom. The number of nitrogens with one attached hydrogen (secondary N) is 1. The highest BCUT2D eigenvalue weighted by Gasteiger charge is 2.27. The number of nitrogen functional groups attached to an aromatic ring is 1. The number of hydrogen-bond donors (Lipinski definition) is 2. The van der Waals surface area contributed by atoms with Gasteiger partial charge in [0.2, 0.25) is 0 Å². The SMILES string of the molecule is Nc1ncnn2c(C3CNC3)nc(-c3cccc(OCc4ccccc4)c3)c12. The number of nitrogens with zero attached hydrogens (tertiary/aromatic N) is 4. The zero-order valence-electron chi connectivity index (χ0n) is 15.2. The van der Waals surface area contributed by atoms with Crippen LogP contribution in [-0.4, -0.2) is 32.7 Å². The molecule has 0 spiro atoms. The van der Waals surface area contributed by atoms with Crippen molar-refractivity contribution in [3.8, 4) is 17.0 Å². The predicted molar refractivity (Wildman–Crippen MR) is 107 cm³/mol. The second-order valence-corrected chi connectivity index (χ2v) is 6.88. The van der Waals surface area contributed by atoms with Crippen LogP contribution >= 0.6 is 0 Å². The lowest BCUT2D eigenvalue weighted by atomic mass is 10.0. The molecule has 5 rings (SSSR count). The average molecular weight is 372 g/mol. The molecule has 0 aliphatic carbocycles. The Balaban J connectivity index is 1.51. The zero-order valence-corrected chi connectivity index (χ0v) is 15.2. The third-order valence-corrected chi connectivity index (χ3v) is 4.99. The van der Waals surface area contributed by atoms with Crippen LogP contribution in [0.25, 0.3) is 16.8 Å². The average Bonchev–Trinajstić information content (AvgIpc) is 3.07. The number of rotatable bonds is 5. The first-order valence-electron chi connectivity index (χ1n) is 9.26. The van der Waals surface area contributed by atoms with E-state index >= 15 is 0 Å². The number of imidazole rings is 1. The molecule has 2 aromatic carbocycles. The van der Waals surface area contributed by atoms with E-state index in [1.807, 2.05) is 59.1 Å². The van der Waals surface area contributed by atoms with Gasteiger partial charge in [-0.2, -0.15) is 5.10 Å². The van der Waals surface area contributed by atoms with Crippen molar-refractivity contribution in [2.24, 2.45) is 0 Å². The number of benzene rings is 2. The maximum atomic E-state index is 6.18. The van der Waals surface area contributed by atoms with Crippen molar-refractivity contribution in [3.05, 3.63) is 72.3 Å². The van der Waals surface area contributed by atoms with Crippen molar-refractivity contribution in [2.45, 2.75) is 12.5 Å². The van der Waals surface area contributed by atoms with Crippen LogP contribution in [0.4, 0.5) is 5.82 Å². The molecular weight excluding hydrogens is 352 g/mol. The van der Waals surface area contributed by atoms with Gasteiger partial charge in [0.25, 0.3) is 0 Å². The summed E-state index contributed by atoms with van der Waals surface area (Å²) in [4.78, 5) is 9.05. The monoisotopic (exact) mass is 372 g/mol. The topological polar surface area (TPSA) is 90.4 Å². The van der Waals surface area contributed by atoms with E-state index in [1.165, 1.54) is 6.33 Å². The van der Waals surface area contributed by atoms with Crippen molar-refractivity contribution in [1.82, 2.24) is 24.9 Å². The summed E-state index contributed by atoms with van der Waals surface area (Å²) in [6.07, 6.45) is 1.47. The summed E-state index contributed by atoms with van der Waals surface area (Å²) in [7, 11) is 0. The Kier molecular flexibility index (Phi) is 4.14. The van der Waals surface area contributed by atoms with Gasteiger partial charge in [-0.1, -0.05) is 42.5 Å². The molecule has 7 heteroatoms. The first-order chi connectivity index (χ1) is 13.8. The highest BCUT2D eigenvalue weighted by molar-refractivity contribution is 5.85. The maximum Gasteiger partial charge on any atom is 0.153 e. The summed E-state index contributed by atoms with van der Waals surface area (Å²) in [6, 6.07) is 18.0. The minimum Gasteiger partial charge on any atom is -0.489 e. The quantitative estimate of drug-likeness (QED) is 0.560. The molecule has 1 saturated heterocycles. The van der Waals surface area contributed by atoms with Crippen LogP contribution in [0.5, 0.6) is 5.75 Å². The van der Waals surface area contributed by atoms with Crippen LogP contribution in [0.15, 0.2) is 60.9 Å². The summed E-state index contributed by atoms with van der Waals surface area (Å²) in [6.45, 7) is 2.30. The van der Waals surface area contributed by atoms with Crippen LogP contribution < -0.4 is 15.8 Å². The number of fused-ring (bicyclic) bond motifs is 1. The van der Waals surface area contributed by atoms with E-state index in [1.54, 1.807) is 0 Å². The summed E-state index contributed by atoms with van der Waals surface area (Å²) in [5.41, 5.74) is 9.76. The Morgan fingerprint density at radius 1 is 1.11 bits per heavy atom. The number of ether oxygens (including phenoxy) is 1. The molecule has 3 heterocycles. The molecule has 28 heavy (non-hydrogen) atoms. The summed E-state index contributed by atoms with van der Waals surface area (Å²) < 4.78 is 7.80. The van der Waals surface area contributed by atoms with Gasteiger partial charge in [-0.15, -0.1) is 0 Å². The molecule has 2 aromatic heterocycles. The van der Waals surface area contributed by atoms with Crippen LogP contribution in [0.3, 0.4) is 0 Å². The molecule has 3 N–H and O–H groups in total. The van der Waals surface area contributed by atoms with Gasteiger partial charge in [0.15, 0.2) is 5.82 Å². The van der Waals surface area contributed by atoms with E-state index in [2.05, 4.69) is 15.4 Å². The molecule has 140 valence electrons. The standard InChI is InChI=1S/C21H20N6O/c22-20-19-18(26-21(16-10-23-11-16)27(19)25-13-24-20)15-7-4-8-17(9-15)28-12-14-5-2-1-3-6-14/h1-9,13,16,23H,10-12H2,(H2,22,24,25). The van der Waals surface area contributed by atoms with Gasteiger partial charge in [0.1, 0.15) is 35.7 Å². The minimum atomic E-state index is 0.327. The van der Waals surface area contributed by atoms with Crippen LogP contribution in [0.2, 0.25) is 0 Å². The second kappa shape index (κ2) is 6.94. The van der Waals surface area contributed by atoms with E-state index in [9.17, 15) is 0 Å². The third kappa shape index (κ3) is 2.95. The van der Waals surface area contributed by atoms with Crippen molar-refractivity contribution < 1.29 is 4.74 Å². The van der Waals surface area contributed by atoms with Gasteiger partial charge in [0.05, 0.1) is 0 Å². The highest BCUT2D eigenvalue weighted by atomic mass is 16.5. The summed E-state index contributed by atoms with van der Waals surface area (Å²) >= 11 is 0. The Morgan fingerprint density at radius 2 is 1.96 bits per heavy atom. The molecular formula is C21H20N6O.